The van der Waals surface area contributed by atoms with Gasteiger partial charge in [0.1, 0.15) is 22.8 Å². The van der Waals surface area contributed by atoms with Gasteiger partial charge in [0.15, 0.2) is 11.4 Å². The summed E-state index contributed by atoms with van der Waals surface area (Å²) in [6, 6.07) is 0.984. The molecule has 3 unspecified atom stereocenters. The third kappa shape index (κ3) is 4.53. The second-order valence-electron chi connectivity index (χ2n) is 14.2. The Morgan fingerprint density at radius 1 is 1.09 bits per heavy atom. The molecule has 6 aliphatic carbocycles. The van der Waals surface area contributed by atoms with E-state index in [4.69, 9.17) is 5.73 Å². The highest BCUT2D eigenvalue weighted by Gasteiger charge is 2.61. The topological polar surface area (TPSA) is 161 Å². The highest BCUT2D eigenvalue weighted by atomic mass is 19.4. The Morgan fingerprint density at radius 3 is 2.36 bits per heavy atom. The van der Waals surface area contributed by atoms with Crippen LogP contribution in [0.15, 0.2) is 23.0 Å². The van der Waals surface area contributed by atoms with Crippen LogP contribution < -0.4 is 5.73 Å². The summed E-state index contributed by atoms with van der Waals surface area (Å²) in [5.41, 5.74) is -0.829. The van der Waals surface area contributed by atoms with Gasteiger partial charge < -0.3 is 26.2 Å². The van der Waals surface area contributed by atoms with Gasteiger partial charge in [0, 0.05) is 31.0 Å². The average molecular weight is 633 g/mol. The molecule has 0 aromatic heterocycles. The third-order valence-electron chi connectivity index (χ3n) is 11.8. The zero-order chi connectivity index (χ0) is 33.0. The van der Waals surface area contributed by atoms with E-state index in [-0.39, 0.29) is 29.5 Å². The number of benzene rings is 1. The maximum atomic E-state index is 14.9. The molecule has 6 N–H and O–H groups in total. The fourth-order valence-corrected chi connectivity index (χ4v) is 9.30. The van der Waals surface area contributed by atoms with Gasteiger partial charge in [-0.2, -0.15) is 13.2 Å². The number of Topliss-reactive ketones (excluding diaryl/α,β-unsaturated/α-hetero) is 2. The van der Waals surface area contributed by atoms with Crippen LogP contribution >= 0.6 is 0 Å². The Bertz CT molecular complexity index is 1580. The van der Waals surface area contributed by atoms with Crippen molar-refractivity contribution in [2.24, 2.45) is 40.7 Å². The monoisotopic (exact) mass is 632 g/mol. The molecule has 2 bridgehead atoms. The lowest BCUT2D eigenvalue weighted by Gasteiger charge is -2.60. The number of phenolic OH excluding ortho intramolecular Hbond substituents is 1. The molecule has 244 valence electrons. The maximum absolute atomic E-state index is 14.9. The van der Waals surface area contributed by atoms with Crippen LogP contribution in [0.1, 0.15) is 75.1 Å². The van der Waals surface area contributed by atoms with Crippen molar-refractivity contribution < 1.29 is 48.0 Å². The normalized spacial score (nSPS) is 32.2. The second-order valence-corrected chi connectivity index (χ2v) is 14.2. The number of nitrogens with two attached hydrogens (primary N) is 1. The molecule has 0 saturated heterocycles. The molecule has 1 amide bonds. The predicted octanol–water partition coefficient (Wildman–Crippen LogP) is 4.34. The molecule has 9 nitrogen and oxygen atoms in total. The first kappa shape index (κ1) is 31.6. The molecule has 0 heterocycles. The minimum Gasteiger partial charge on any atom is -0.508 e. The molecule has 0 radical (unpaired) electrons. The van der Waals surface area contributed by atoms with Gasteiger partial charge in [-0.25, -0.2) is 0 Å². The molecule has 1 aromatic rings. The Morgan fingerprint density at radius 2 is 1.78 bits per heavy atom. The second kappa shape index (κ2) is 10.3. The van der Waals surface area contributed by atoms with E-state index >= 15 is 0 Å². The Kier molecular flexibility index (Phi) is 7.24. The summed E-state index contributed by atoms with van der Waals surface area (Å²) in [6.45, 7) is 7.45. The number of hydrogen-bond acceptors (Lipinski definition) is 8. The molecule has 6 aliphatic rings. The highest BCUT2D eigenvalue weighted by Crippen LogP contribution is 2.61. The summed E-state index contributed by atoms with van der Waals surface area (Å²) >= 11 is 0. The average Bonchev–Trinajstić information content (AvgIpc) is 2.93. The minimum absolute atomic E-state index is 0.0777. The van der Waals surface area contributed by atoms with Crippen LogP contribution in [0.4, 0.5) is 13.2 Å². The van der Waals surface area contributed by atoms with E-state index < -0.39 is 93.5 Å². The molecule has 0 spiro atoms. The first-order valence-electron chi connectivity index (χ1n) is 15.6. The molecule has 4 fully saturated rings. The van der Waals surface area contributed by atoms with Crippen LogP contribution in [0, 0.1) is 35.0 Å². The lowest BCUT2D eigenvalue weighted by Crippen LogP contribution is -2.58. The zero-order valence-corrected chi connectivity index (χ0v) is 25.5. The number of alkyl halides is 3. The number of phenols is 1. The van der Waals surface area contributed by atoms with Gasteiger partial charge in [0.2, 0.25) is 5.78 Å². The Labute approximate surface area is 258 Å². The van der Waals surface area contributed by atoms with Gasteiger partial charge in [0.25, 0.3) is 5.91 Å². The number of aromatic hydroxyl groups is 1. The number of rotatable bonds is 6. The number of aliphatic hydroxyl groups is 3. The first-order valence-corrected chi connectivity index (χ1v) is 15.6. The quantitative estimate of drug-likeness (QED) is 0.290. The number of carbonyl (C=O) groups excluding carboxylic acids is 3. The largest absolute Gasteiger partial charge is 0.508 e. The van der Waals surface area contributed by atoms with Gasteiger partial charge in [-0.3, -0.25) is 19.3 Å². The molecule has 45 heavy (non-hydrogen) atoms. The summed E-state index contributed by atoms with van der Waals surface area (Å²) in [4.78, 5) is 40.1. The van der Waals surface area contributed by atoms with E-state index in [2.05, 4.69) is 13.8 Å². The lowest BCUT2D eigenvalue weighted by atomic mass is 9.45. The summed E-state index contributed by atoms with van der Waals surface area (Å²) in [5, 5.41) is 44.4. The molecule has 7 rings (SSSR count). The molecule has 12 heteroatoms. The van der Waals surface area contributed by atoms with Crippen LogP contribution in [-0.2, 0) is 33.5 Å². The number of carbonyl (C=O) groups is 3. The molecule has 4 saturated carbocycles. The summed E-state index contributed by atoms with van der Waals surface area (Å²) in [5.74, 6) is -7.09. The van der Waals surface area contributed by atoms with Crippen LogP contribution in [0.25, 0.3) is 5.76 Å². The zero-order valence-electron chi connectivity index (χ0n) is 25.5. The fourth-order valence-electron chi connectivity index (χ4n) is 9.30. The number of primary amides is 1. The number of ketones is 2. The van der Waals surface area contributed by atoms with Crippen molar-refractivity contribution in [1.82, 2.24) is 4.90 Å². The van der Waals surface area contributed by atoms with E-state index in [1.165, 1.54) is 0 Å². The van der Waals surface area contributed by atoms with Gasteiger partial charge in [-0.15, -0.1) is 0 Å². The number of nitrogens with zero attached hydrogens (tertiary/aromatic N) is 1. The number of hydrogen-bond donors (Lipinski definition) is 5. The van der Waals surface area contributed by atoms with Crippen molar-refractivity contribution in [3.05, 3.63) is 45.2 Å². The molecule has 0 aliphatic heterocycles. The smallest absolute Gasteiger partial charge is 0.417 e. The van der Waals surface area contributed by atoms with E-state index in [0.29, 0.717) is 30.8 Å². The number of fused-ring (bicyclic) bond motifs is 5. The van der Waals surface area contributed by atoms with Crippen molar-refractivity contribution in [3.8, 4) is 5.75 Å². The van der Waals surface area contributed by atoms with Gasteiger partial charge >= 0.3 is 6.18 Å². The number of amides is 1. The fraction of sp³-hybridized carbons (Fsp3) is 0.606. The summed E-state index contributed by atoms with van der Waals surface area (Å²) < 4.78 is 44.7. The van der Waals surface area contributed by atoms with E-state index in [1.54, 1.807) is 0 Å². The predicted molar refractivity (Wildman–Crippen MR) is 155 cm³/mol. The van der Waals surface area contributed by atoms with Gasteiger partial charge in [-0.1, -0.05) is 20.8 Å². The molecular weight excluding hydrogens is 593 g/mol. The first-order chi connectivity index (χ1) is 20.9. The maximum Gasteiger partial charge on any atom is 0.417 e. The van der Waals surface area contributed by atoms with Crippen LogP contribution in [0.3, 0.4) is 0 Å². The Balaban J connectivity index is 1.40. The highest BCUT2D eigenvalue weighted by molar-refractivity contribution is 6.22. The minimum atomic E-state index is -4.87. The summed E-state index contributed by atoms with van der Waals surface area (Å²) in [6.07, 6.45) is -2.80. The van der Waals surface area contributed by atoms with Crippen molar-refractivity contribution in [2.45, 2.75) is 77.6 Å². The van der Waals surface area contributed by atoms with Crippen molar-refractivity contribution in [1.29, 1.82) is 0 Å². The number of aliphatic hydroxyl groups excluding tert-OH is 2. The van der Waals surface area contributed by atoms with Gasteiger partial charge in [-0.05, 0) is 84.9 Å². The Hall–Kier alpha value is -3.38. The van der Waals surface area contributed by atoms with E-state index in [0.717, 1.165) is 25.3 Å². The molecular formula is C33H39F3N2O7. The summed E-state index contributed by atoms with van der Waals surface area (Å²) in [7, 11) is 0. The lowest BCUT2D eigenvalue weighted by molar-refractivity contribution is -0.147. The van der Waals surface area contributed by atoms with E-state index in [9.17, 15) is 48.0 Å². The molecule has 6 atom stereocenters. The molecule has 1 aromatic carbocycles. The van der Waals surface area contributed by atoms with E-state index in [1.807, 2.05) is 11.8 Å². The third-order valence-corrected chi connectivity index (χ3v) is 11.8. The number of halogens is 3. The van der Waals surface area contributed by atoms with Crippen molar-refractivity contribution in [2.75, 3.05) is 13.1 Å². The van der Waals surface area contributed by atoms with Crippen molar-refractivity contribution in [3.63, 3.8) is 0 Å². The van der Waals surface area contributed by atoms with Crippen LogP contribution in [0.2, 0.25) is 0 Å². The van der Waals surface area contributed by atoms with Gasteiger partial charge in [0.05, 0.1) is 11.1 Å². The van der Waals surface area contributed by atoms with Crippen LogP contribution in [-0.4, -0.2) is 61.5 Å². The van der Waals surface area contributed by atoms with Crippen LogP contribution in [0.5, 0.6) is 5.75 Å². The SMILES string of the molecule is CCN(Cc1cc(O)c2c(c1C(F)(F)F)CC1C[C@H]3CC(=O)C(C(N)=O)=C(O)[C@@]3(O)C(=O)C1=C2O)C[C@@H]1CCC2CC1C2(C)C. The standard InChI is InChI=1S/C33H39F3N2O7/c1-4-38(12-14-5-6-17-10-20(14)31(17,2)3)13-16-9-21(39)24-19(26(16)33(34,35)36)8-15-7-18-11-22(40)25(30(37)44)29(43)32(18,45)28(42)23(15)27(24)41/h9,14-15,17-18,20,39,41,43,45H,4-8,10-13H2,1-3H3,(H2,37,44)/t14-,15?,17?,18-,20?,32-/m0/s1. The van der Waals surface area contributed by atoms with Crippen molar-refractivity contribution >= 4 is 23.2 Å².